The first-order valence-electron chi connectivity index (χ1n) is 12.3. The van der Waals surface area contributed by atoms with Gasteiger partial charge in [0.05, 0.1) is 7.47 Å². The Bertz CT molecular complexity index is 1300. The van der Waals surface area contributed by atoms with E-state index in [2.05, 4.69) is 5.32 Å². The molecule has 2 aliphatic rings. The zero-order valence-corrected chi connectivity index (χ0v) is 20.3. The number of ether oxygens (including phenoxy) is 1. The maximum atomic E-state index is 15.0. The second-order valence-corrected chi connectivity index (χ2v) is 9.35. The van der Waals surface area contributed by atoms with E-state index in [1.807, 2.05) is 13.8 Å². The number of nitrogens with zero attached hydrogens (tertiary/aromatic N) is 1. The van der Waals surface area contributed by atoms with Crippen LogP contribution in [0.3, 0.4) is 0 Å². The molecule has 0 bridgehead atoms. The third kappa shape index (κ3) is 5.01. The number of Topliss-reactive ketones (excluding diaryl/α,β-unsaturated/α-hetero) is 1. The maximum Gasteiger partial charge on any atom is 0.330 e. The van der Waals surface area contributed by atoms with Gasteiger partial charge in [0.1, 0.15) is 11.8 Å². The summed E-state index contributed by atoms with van der Waals surface area (Å²) in [5, 5.41) is 2.11. The minimum atomic E-state index is -3.67. The number of alkyl halides is 2. The van der Waals surface area contributed by atoms with Crippen molar-refractivity contribution in [2.75, 3.05) is 0 Å². The number of aryl methyl sites for hydroxylation is 2. The van der Waals surface area contributed by atoms with Gasteiger partial charge in [0.15, 0.2) is 0 Å². The molecule has 1 N–H and O–H groups in total. The van der Waals surface area contributed by atoms with E-state index in [4.69, 9.17) is 6.11 Å². The molecule has 1 unspecified atom stereocenters. The van der Waals surface area contributed by atoms with Crippen LogP contribution < -0.4 is 10.1 Å². The molecule has 190 valence electrons. The van der Waals surface area contributed by atoms with Crippen molar-refractivity contribution in [2.24, 2.45) is 0 Å². The number of amides is 3. The summed E-state index contributed by atoms with van der Waals surface area (Å²) in [4.78, 5) is 50.4. The Hall–Kier alpha value is -3.62. The molecule has 3 amide bonds. The summed E-state index contributed by atoms with van der Waals surface area (Å²) in [6, 6.07) is 6.95. The van der Waals surface area contributed by atoms with Crippen LogP contribution in [0.2, 0.25) is 0 Å². The lowest BCUT2D eigenvalue weighted by molar-refractivity contribution is -0.144. The number of piperidine rings is 1. The molecule has 1 saturated heterocycles. The number of rotatable bonds is 8. The first-order chi connectivity index (χ1) is 17.3. The average molecular weight is 500 g/mol. The van der Waals surface area contributed by atoms with Gasteiger partial charge < -0.3 is 9.64 Å². The monoisotopic (exact) mass is 499 g/mol. The molecule has 0 saturated carbocycles. The second-order valence-electron chi connectivity index (χ2n) is 9.35. The van der Waals surface area contributed by atoms with Crippen molar-refractivity contribution in [3.05, 3.63) is 64.2 Å². The molecule has 1 fully saturated rings. The quantitative estimate of drug-likeness (QED) is 0.558. The van der Waals surface area contributed by atoms with Gasteiger partial charge in [-0.25, -0.2) is 0 Å². The zero-order chi connectivity index (χ0) is 27.1. The summed E-state index contributed by atoms with van der Waals surface area (Å²) < 4.78 is 44.1. The minimum absolute atomic E-state index is 0.0266. The highest BCUT2D eigenvalue weighted by atomic mass is 19.3. The van der Waals surface area contributed by atoms with Crippen LogP contribution in [-0.2, 0) is 33.3 Å². The van der Waals surface area contributed by atoms with E-state index < -0.39 is 41.9 Å². The first kappa shape index (κ1) is 24.1. The number of imide groups is 1. The van der Waals surface area contributed by atoms with Gasteiger partial charge in [-0.3, -0.25) is 24.5 Å². The summed E-state index contributed by atoms with van der Waals surface area (Å²) in [5.74, 6) is -6.29. The highest BCUT2D eigenvalue weighted by Gasteiger charge is 2.42. The highest BCUT2D eigenvalue weighted by molar-refractivity contribution is 6.05. The van der Waals surface area contributed by atoms with E-state index in [1.54, 1.807) is 12.1 Å². The molecule has 0 radical (unpaired) electrons. The zero-order valence-electron chi connectivity index (χ0n) is 21.3. The number of nitrogens with one attached hydrogen (secondary N) is 1. The van der Waals surface area contributed by atoms with E-state index in [0.29, 0.717) is 22.4 Å². The molecule has 2 aromatic rings. The fourth-order valence-electron chi connectivity index (χ4n) is 4.51. The molecule has 2 aromatic carbocycles. The predicted octanol–water partition coefficient (Wildman–Crippen LogP) is 3.84. The van der Waals surface area contributed by atoms with E-state index in [9.17, 15) is 19.2 Å². The fourth-order valence-corrected chi connectivity index (χ4v) is 4.51. The van der Waals surface area contributed by atoms with E-state index in [1.165, 1.54) is 31.2 Å². The molecular formula is C27H28F2N2O5. The smallest absolute Gasteiger partial charge is 0.330 e. The topological polar surface area (TPSA) is 92.8 Å². The number of carbonyl (C=O) groups is 4. The van der Waals surface area contributed by atoms with Gasteiger partial charge in [-0.15, -0.1) is 0 Å². The lowest BCUT2D eigenvalue weighted by Crippen LogP contribution is -2.52. The summed E-state index contributed by atoms with van der Waals surface area (Å²) in [7, 11) is 0. The Morgan fingerprint density at radius 1 is 1.22 bits per heavy atom. The normalized spacial score (nSPS) is 20.3. The van der Waals surface area contributed by atoms with Crippen molar-refractivity contribution in [1.82, 2.24) is 10.2 Å². The molecule has 0 spiro atoms. The number of hydrogen-bond acceptors (Lipinski definition) is 5. The van der Waals surface area contributed by atoms with Crippen LogP contribution in [0.25, 0.3) is 0 Å². The number of fused-ring (bicyclic) bond motifs is 1. The number of halogens is 2. The van der Waals surface area contributed by atoms with Crippen LogP contribution in [0.15, 0.2) is 36.4 Å². The van der Waals surface area contributed by atoms with Gasteiger partial charge >= 0.3 is 5.92 Å². The molecule has 9 heteroatoms. The van der Waals surface area contributed by atoms with Crippen molar-refractivity contribution >= 4 is 23.5 Å². The fraction of sp³-hybridized carbons (Fsp3) is 0.407. The molecule has 4 rings (SSSR count). The molecular weight excluding hydrogens is 470 g/mol. The van der Waals surface area contributed by atoms with Crippen LogP contribution in [-0.4, -0.2) is 40.5 Å². The molecule has 36 heavy (non-hydrogen) atoms. The number of benzene rings is 2. The van der Waals surface area contributed by atoms with Crippen LogP contribution in [0.1, 0.15) is 67.1 Å². The summed E-state index contributed by atoms with van der Waals surface area (Å²) in [6.07, 6.45) is -0.663. The standard InChI is InChI=1S/C27H28F2N2O5/c1-15(2)36-19-6-8-21(16(3)12-19)27(28,29)23(32)10-5-17-4-7-20-18(13-17)14-31(26(20)35)22-9-11-24(33)30-25(22)34/h4,6-8,12-13,15,22H,5,9-11,14H2,1-3H3,(H,30,33,34)/i22D. The average Bonchev–Trinajstić information content (AvgIpc) is 3.16. The van der Waals surface area contributed by atoms with Crippen molar-refractivity contribution in [3.8, 4) is 5.75 Å². The Morgan fingerprint density at radius 2 is 1.97 bits per heavy atom. The summed E-state index contributed by atoms with van der Waals surface area (Å²) in [6.45, 7) is 5.14. The van der Waals surface area contributed by atoms with Gasteiger partial charge in [-0.2, -0.15) is 8.78 Å². The van der Waals surface area contributed by atoms with Gasteiger partial charge in [0, 0.05) is 30.5 Å². The SMILES string of the molecule is [2H]C1(N2Cc3cc(CCC(=O)C(F)(F)c4ccc(OC(C)C)cc4C)ccc3C2=O)CCC(=O)NC1=O. The lowest BCUT2D eigenvalue weighted by atomic mass is 9.95. The second kappa shape index (κ2) is 9.79. The van der Waals surface area contributed by atoms with Gasteiger partial charge in [-0.05, 0) is 74.6 Å². The Labute approximate surface area is 209 Å². The van der Waals surface area contributed by atoms with Gasteiger partial charge in [0.25, 0.3) is 5.91 Å². The van der Waals surface area contributed by atoms with E-state index in [-0.39, 0.29) is 43.0 Å². The molecule has 0 aromatic heterocycles. The van der Waals surface area contributed by atoms with Crippen molar-refractivity contribution < 1.29 is 34.1 Å². The van der Waals surface area contributed by atoms with E-state index in [0.717, 1.165) is 4.90 Å². The third-order valence-corrected chi connectivity index (χ3v) is 6.30. The first-order valence-corrected chi connectivity index (χ1v) is 11.8. The van der Waals surface area contributed by atoms with Crippen LogP contribution in [0.4, 0.5) is 8.78 Å². The minimum Gasteiger partial charge on any atom is -0.491 e. The van der Waals surface area contributed by atoms with E-state index >= 15 is 8.78 Å². The van der Waals surface area contributed by atoms with Crippen molar-refractivity contribution in [3.63, 3.8) is 0 Å². The molecule has 1 atom stereocenters. The summed E-state index contributed by atoms with van der Waals surface area (Å²) in [5.41, 5.74) is 1.31. The maximum absolute atomic E-state index is 15.0. The van der Waals surface area contributed by atoms with Crippen molar-refractivity contribution in [2.45, 2.75) is 71.0 Å². The number of ketones is 1. The molecule has 0 aliphatic carbocycles. The van der Waals surface area contributed by atoms with Crippen LogP contribution in [0.5, 0.6) is 5.75 Å². The lowest BCUT2D eigenvalue weighted by Gasteiger charge is -2.29. The predicted molar refractivity (Wildman–Crippen MR) is 127 cm³/mol. The Morgan fingerprint density at radius 3 is 2.64 bits per heavy atom. The number of hydrogen-bond donors (Lipinski definition) is 1. The molecule has 2 aliphatic heterocycles. The van der Waals surface area contributed by atoms with Crippen LogP contribution >= 0.6 is 0 Å². The molecule has 7 nitrogen and oxygen atoms in total. The van der Waals surface area contributed by atoms with Crippen molar-refractivity contribution in [1.29, 1.82) is 0 Å². The Balaban J connectivity index is 1.45. The summed E-state index contributed by atoms with van der Waals surface area (Å²) >= 11 is 0. The van der Waals surface area contributed by atoms with Crippen LogP contribution in [0, 0.1) is 6.92 Å². The largest absolute Gasteiger partial charge is 0.491 e. The third-order valence-electron chi connectivity index (χ3n) is 6.30. The van der Waals surface area contributed by atoms with Gasteiger partial charge in [0.2, 0.25) is 17.6 Å². The Kier molecular flexibility index (Phi) is 6.55. The molecule has 2 heterocycles. The highest BCUT2D eigenvalue weighted by Crippen LogP contribution is 2.35. The van der Waals surface area contributed by atoms with Gasteiger partial charge in [-0.1, -0.05) is 12.1 Å². The number of carbonyl (C=O) groups excluding carboxylic acids is 4.